The highest BCUT2D eigenvalue weighted by Crippen LogP contribution is 2.23. The molecule has 4 N–H and O–H groups in total. The van der Waals surface area contributed by atoms with Gasteiger partial charge in [-0.25, -0.2) is 0 Å². The predicted molar refractivity (Wildman–Crippen MR) is 129 cm³/mol. The summed E-state index contributed by atoms with van der Waals surface area (Å²) in [5.41, 5.74) is 7.86. The topological polar surface area (TPSA) is 104 Å². The summed E-state index contributed by atoms with van der Waals surface area (Å²) in [4.78, 5) is 0. The van der Waals surface area contributed by atoms with Crippen LogP contribution < -0.4 is 20.5 Å². The summed E-state index contributed by atoms with van der Waals surface area (Å²) < 4.78 is 12.0. The normalized spacial score (nSPS) is 11.2. The Bertz CT molecular complexity index is 1150. The predicted octanol–water partition coefficient (Wildman–Crippen LogP) is 5.14. The van der Waals surface area contributed by atoms with Crippen molar-refractivity contribution in [3.8, 4) is 23.3 Å². The molecule has 0 aliphatic carbocycles. The van der Waals surface area contributed by atoms with Gasteiger partial charge >= 0.3 is 0 Å². The standard InChI is InChI=1S/C25H23BrN4O2/c1-31-21-11-12-23(26)18(15-21)13-14-30-25(29)22(16-27)24(28)17-7-9-20(10-8-17)32-19-5-3-2-4-6-19/h2-12,15,28,30H,13-14,29H2,1H3/b25-22-,28-24?. The third-order valence-corrected chi connectivity index (χ3v) is 5.49. The molecule has 162 valence electrons. The summed E-state index contributed by atoms with van der Waals surface area (Å²) in [6.45, 7) is 0.500. The fourth-order valence-electron chi connectivity index (χ4n) is 3.00. The van der Waals surface area contributed by atoms with E-state index in [4.69, 9.17) is 20.6 Å². The number of ether oxygens (including phenoxy) is 2. The monoisotopic (exact) mass is 490 g/mol. The number of para-hydroxylation sites is 1. The van der Waals surface area contributed by atoms with Crippen LogP contribution in [0.1, 0.15) is 11.1 Å². The number of benzene rings is 3. The molecule has 0 radical (unpaired) electrons. The van der Waals surface area contributed by atoms with E-state index in [2.05, 4.69) is 21.2 Å². The number of hydrogen-bond acceptors (Lipinski definition) is 6. The zero-order chi connectivity index (χ0) is 22.9. The second kappa shape index (κ2) is 11.0. The van der Waals surface area contributed by atoms with Gasteiger partial charge in [-0.2, -0.15) is 5.26 Å². The van der Waals surface area contributed by atoms with Crippen LogP contribution >= 0.6 is 15.9 Å². The van der Waals surface area contributed by atoms with Gasteiger partial charge in [0.25, 0.3) is 0 Å². The van der Waals surface area contributed by atoms with Gasteiger partial charge in [-0.1, -0.05) is 34.1 Å². The number of halogens is 1. The largest absolute Gasteiger partial charge is 0.497 e. The first-order valence-electron chi connectivity index (χ1n) is 9.90. The number of nitriles is 1. The van der Waals surface area contributed by atoms with Gasteiger partial charge in [-0.3, -0.25) is 5.41 Å². The minimum Gasteiger partial charge on any atom is -0.497 e. The Kier molecular flexibility index (Phi) is 7.90. The van der Waals surface area contributed by atoms with Gasteiger partial charge in [0.2, 0.25) is 0 Å². The molecule has 0 heterocycles. The second-order valence-electron chi connectivity index (χ2n) is 6.85. The third-order valence-electron chi connectivity index (χ3n) is 4.72. The van der Waals surface area contributed by atoms with Crippen molar-refractivity contribution in [2.75, 3.05) is 13.7 Å². The smallest absolute Gasteiger partial charge is 0.127 e. The summed E-state index contributed by atoms with van der Waals surface area (Å²) in [7, 11) is 1.62. The van der Waals surface area contributed by atoms with Crippen LogP contribution in [0.15, 0.2) is 88.7 Å². The minimum atomic E-state index is 0.0475. The van der Waals surface area contributed by atoms with E-state index in [-0.39, 0.29) is 17.1 Å². The van der Waals surface area contributed by atoms with Crippen LogP contribution in [-0.2, 0) is 6.42 Å². The average molecular weight is 491 g/mol. The van der Waals surface area contributed by atoms with E-state index in [0.29, 0.717) is 24.3 Å². The number of nitrogens with one attached hydrogen (secondary N) is 2. The maximum atomic E-state index is 9.59. The van der Waals surface area contributed by atoms with Gasteiger partial charge < -0.3 is 20.5 Å². The Balaban J connectivity index is 1.65. The molecule has 3 rings (SSSR count). The van der Waals surface area contributed by atoms with Gasteiger partial charge in [0.1, 0.15) is 34.7 Å². The fourth-order valence-corrected chi connectivity index (χ4v) is 3.44. The Morgan fingerprint density at radius 2 is 1.69 bits per heavy atom. The highest BCUT2D eigenvalue weighted by Gasteiger charge is 2.13. The van der Waals surface area contributed by atoms with Crippen molar-refractivity contribution in [1.29, 1.82) is 10.7 Å². The average Bonchev–Trinajstić information content (AvgIpc) is 2.82. The Hall–Kier alpha value is -3.76. The molecule has 7 heteroatoms. The molecular formula is C25H23BrN4O2. The van der Waals surface area contributed by atoms with Crippen molar-refractivity contribution < 1.29 is 9.47 Å². The lowest BCUT2D eigenvalue weighted by atomic mass is 10.0. The second-order valence-corrected chi connectivity index (χ2v) is 7.70. The van der Waals surface area contributed by atoms with Gasteiger partial charge in [-0.05, 0) is 66.6 Å². The Morgan fingerprint density at radius 1 is 1.03 bits per heavy atom. The molecule has 0 amide bonds. The lowest BCUT2D eigenvalue weighted by Gasteiger charge is -2.12. The lowest BCUT2D eigenvalue weighted by Crippen LogP contribution is -2.26. The molecule has 0 saturated carbocycles. The van der Waals surface area contributed by atoms with E-state index in [1.165, 1.54) is 0 Å². The molecule has 0 fully saturated rings. The first-order valence-corrected chi connectivity index (χ1v) is 10.7. The van der Waals surface area contributed by atoms with E-state index in [1.54, 1.807) is 31.4 Å². The molecule has 32 heavy (non-hydrogen) atoms. The van der Waals surface area contributed by atoms with Crippen LogP contribution in [0.4, 0.5) is 0 Å². The molecular weight excluding hydrogens is 468 g/mol. The molecule has 0 aliphatic rings. The van der Waals surface area contributed by atoms with Crippen molar-refractivity contribution in [2.24, 2.45) is 5.73 Å². The van der Waals surface area contributed by atoms with Crippen molar-refractivity contribution in [1.82, 2.24) is 5.32 Å². The number of allylic oxidation sites excluding steroid dienone is 1. The molecule has 0 aromatic heterocycles. The fraction of sp³-hybridized carbons (Fsp3) is 0.120. The molecule has 0 unspecified atom stereocenters. The van der Waals surface area contributed by atoms with Crippen molar-refractivity contribution in [2.45, 2.75) is 6.42 Å². The number of rotatable bonds is 9. The van der Waals surface area contributed by atoms with Crippen LogP contribution in [0.2, 0.25) is 0 Å². The molecule has 3 aromatic rings. The van der Waals surface area contributed by atoms with Crippen LogP contribution in [0.3, 0.4) is 0 Å². The zero-order valence-corrected chi connectivity index (χ0v) is 19.1. The molecule has 6 nitrogen and oxygen atoms in total. The SMILES string of the molecule is COc1ccc(Br)c(CCN/C(N)=C(/C#N)C(=N)c2ccc(Oc3ccccc3)cc2)c1. The van der Waals surface area contributed by atoms with Crippen molar-refractivity contribution >= 4 is 21.6 Å². The molecule has 0 bridgehead atoms. The highest BCUT2D eigenvalue weighted by molar-refractivity contribution is 9.10. The summed E-state index contributed by atoms with van der Waals surface area (Å²) in [6.07, 6.45) is 0.663. The van der Waals surface area contributed by atoms with Crippen LogP contribution in [0.5, 0.6) is 17.2 Å². The minimum absolute atomic E-state index is 0.0475. The van der Waals surface area contributed by atoms with Gasteiger partial charge in [0, 0.05) is 16.6 Å². The van der Waals surface area contributed by atoms with Gasteiger partial charge in [-0.15, -0.1) is 0 Å². The van der Waals surface area contributed by atoms with Gasteiger partial charge in [0.15, 0.2) is 0 Å². The number of nitrogens with zero attached hydrogens (tertiary/aromatic N) is 1. The van der Waals surface area contributed by atoms with E-state index in [9.17, 15) is 5.26 Å². The highest BCUT2D eigenvalue weighted by atomic mass is 79.9. The van der Waals surface area contributed by atoms with Crippen molar-refractivity contribution in [3.63, 3.8) is 0 Å². The van der Waals surface area contributed by atoms with Crippen LogP contribution in [-0.4, -0.2) is 19.4 Å². The first-order chi connectivity index (χ1) is 15.5. The van der Waals surface area contributed by atoms with E-state index >= 15 is 0 Å². The van der Waals surface area contributed by atoms with Gasteiger partial charge in [0.05, 0.1) is 12.8 Å². The lowest BCUT2D eigenvalue weighted by molar-refractivity contribution is 0.414. The maximum absolute atomic E-state index is 9.59. The molecule has 0 saturated heterocycles. The molecule has 0 spiro atoms. The number of hydrogen-bond donors (Lipinski definition) is 3. The van der Waals surface area contributed by atoms with E-state index in [0.717, 1.165) is 21.5 Å². The number of nitrogens with two attached hydrogens (primary N) is 1. The molecule has 3 aromatic carbocycles. The maximum Gasteiger partial charge on any atom is 0.127 e. The van der Waals surface area contributed by atoms with Crippen LogP contribution in [0.25, 0.3) is 0 Å². The Labute approximate surface area is 195 Å². The first kappa shape index (κ1) is 22.9. The molecule has 0 atom stereocenters. The van der Waals surface area contributed by atoms with Crippen molar-refractivity contribution in [3.05, 3.63) is 99.8 Å². The number of methoxy groups -OCH3 is 1. The Morgan fingerprint density at radius 3 is 2.34 bits per heavy atom. The summed E-state index contributed by atoms with van der Waals surface area (Å²) in [5, 5.41) is 21.1. The summed E-state index contributed by atoms with van der Waals surface area (Å²) in [5.74, 6) is 2.31. The zero-order valence-electron chi connectivity index (χ0n) is 17.6. The van der Waals surface area contributed by atoms with E-state index < -0.39 is 0 Å². The summed E-state index contributed by atoms with van der Waals surface area (Å²) >= 11 is 3.53. The molecule has 0 aliphatic heterocycles. The third kappa shape index (κ3) is 5.90. The van der Waals surface area contributed by atoms with Crippen LogP contribution in [0, 0.1) is 16.7 Å². The summed E-state index contributed by atoms with van der Waals surface area (Å²) in [6, 6.07) is 24.2. The quantitative estimate of drug-likeness (QED) is 0.284. The van der Waals surface area contributed by atoms with E-state index in [1.807, 2.05) is 54.6 Å².